The Labute approximate surface area is 151 Å². The molecule has 0 spiro atoms. The van der Waals surface area contributed by atoms with Gasteiger partial charge >= 0.3 is 0 Å². The van der Waals surface area contributed by atoms with E-state index >= 15 is 0 Å². The van der Waals surface area contributed by atoms with Crippen LogP contribution in [0.2, 0.25) is 0 Å². The van der Waals surface area contributed by atoms with Crippen molar-refractivity contribution in [2.75, 3.05) is 13.7 Å². The Bertz CT molecular complexity index is 790. The lowest BCUT2D eigenvalue weighted by atomic mass is 10.0. The number of carbonyl (C=O) groups excluding carboxylic acids is 1. The molecule has 1 aliphatic heterocycles. The predicted molar refractivity (Wildman–Crippen MR) is 96.7 cm³/mol. The Kier molecular flexibility index (Phi) is 5.84. The van der Waals surface area contributed by atoms with Gasteiger partial charge in [-0.25, -0.2) is 4.39 Å². The first-order valence-corrected chi connectivity index (χ1v) is 8.48. The molecule has 0 aromatic heterocycles. The van der Waals surface area contributed by atoms with Gasteiger partial charge in [-0.2, -0.15) is 0 Å². The van der Waals surface area contributed by atoms with Gasteiger partial charge in [-0.1, -0.05) is 29.4 Å². The third-order valence-electron chi connectivity index (χ3n) is 4.14. The van der Waals surface area contributed by atoms with E-state index in [-0.39, 0.29) is 24.2 Å². The highest BCUT2D eigenvalue weighted by atomic mass is 19.1. The summed E-state index contributed by atoms with van der Waals surface area (Å²) in [7, 11) is 1.60. The van der Waals surface area contributed by atoms with E-state index in [0.717, 1.165) is 22.6 Å². The second-order valence-electron chi connectivity index (χ2n) is 6.22. The summed E-state index contributed by atoms with van der Waals surface area (Å²) in [4.78, 5) is 17.5. The van der Waals surface area contributed by atoms with Crippen LogP contribution in [0.4, 0.5) is 4.39 Å². The van der Waals surface area contributed by atoms with Crippen molar-refractivity contribution in [3.63, 3.8) is 0 Å². The van der Waals surface area contributed by atoms with Gasteiger partial charge in [0, 0.05) is 12.8 Å². The highest BCUT2D eigenvalue weighted by Crippen LogP contribution is 2.15. The molecule has 1 atom stereocenters. The van der Waals surface area contributed by atoms with Crippen molar-refractivity contribution in [2.45, 2.75) is 25.4 Å². The minimum atomic E-state index is -0.255. The van der Waals surface area contributed by atoms with E-state index in [1.165, 1.54) is 12.1 Å². The summed E-state index contributed by atoms with van der Waals surface area (Å²) >= 11 is 0. The number of nitrogens with zero attached hydrogens (tertiary/aromatic N) is 1. The van der Waals surface area contributed by atoms with E-state index in [1.54, 1.807) is 19.2 Å². The van der Waals surface area contributed by atoms with Gasteiger partial charge in [0.1, 0.15) is 17.7 Å². The number of ether oxygens (including phenoxy) is 1. The van der Waals surface area contributed by atoms with Crippen molar-refractivity contribution >= 4 is 11.6 Å². The number of nitrogens with one attached hydrogen (secondary N) is 1. The molecule has 0 saturated carbocycles. The maximum Gasteiger partial charge on any atom is 0.224 e. The van der Waals surface area contributed by atoms with Crippen LogP contribution < -0.4 is 10.1 Å². The molecule has 2 aromatic carbocycles. The molecule has 3 rings (SSSR count). The Morgan fingerprint density at radius 1 is 1.27 bits per heavy atom. The van der Waals surface area contributed by atoms with E-state index in [4.69, 9.17) is 9.57 Å². The first-order chi connectivity index (χ1) is 12.6. The van der Waals surface area contributed by atoms with Crippen LogP contribution >= 0.6 is 0 Å². The molecule has 26 heavy (non-hydrogen) atoms. The molecule has 6 heteroatoms. The highest BCUT2D eigenvalue weighted by molar-refractivity contribution is 5.87. The molecule has 0 radical (unpaired) electrons. The van der Waals surface area contributed by atoms with Crippen LogP contribution in [0, 0.1) is 5.82 Å². The maximum atomic E-state index is 12.9. The van der Waals surface area contributed by atoms with E-state index in [9.17, 15) is 9.18 Å². The molecule has 0 fully saturated rings. The number of carbonyl (C=O) groups is 1. The fourth-order valence-electron chi connectivity index (χ4n) is 2.80. The summed E-state index contributed by atoms with van der Waals surface area (Å²) in [5.74, 6) is 0.400. The number of oxime groups is 1. The summed E-state index contributed by atoms with van der Waals surface area (Å²) in [6, 6.07) is 13.8. The molecule has 0 unspecified atom stereocenters. The van der Waals surface area contributed by atoms with Gasteiger partial charge in [-0.3, -0.25) is 4.79 Å². The number of rotatable bonds is 7. The van der Waals surface area contributed by atoms with Gasteiger partial charge in [-0.15, -0.1) is 0 Å². The van der Waals surface area contributed by atoms with E-state index < -0.39 is 0 Å². The standard InChI is InChI=1S/C20H21FN2O3/c1-25-18-4-2-3-15(10-18)11-20(24)22-13-19-12-17(23-26-19)9-14-5-7-16(21)8-6-14/h2-8,10,19H,9,11-13H2,1H3,(H,22,24)/t19-/m1/s1. The van der Waals surface area contributed by atoms with Gasteiger partial charge in [0.2, 0.25) is 5.91 Å². The largest absolute Gasteiger partial charge is 0.497 e. The minimum Gasteiger partial charge on any atom is -0.497 e. The molecular formula is C20H21FN2O3. The Morgan fingerprint density at radius 2 is 2.08 bits per heavy atom. The summed E-state index contributed by atoms with van der Waals surface area (Å²) in [6.07, 6.45) is 1.39. The van der Waals surface area contributed by atoms with E-state index in [0.29, 0.717) is 19.4 Å². The van der Waals surface area contributed by atoms with Gasteiger partial charge in [0.15, 0.2) is 0 Å². The molecule has 1 N–H and O–H groups in total. The molecule has 136 valence electrons. The smallest absolute Gasteiger partial charge is 0.224 e. The van der Waals surface area contributed by atoms with Crippen molar-refractivity contribution in [1.29, 1.82) is 0 Å². The average molecular weight is 356 g/mol. The summed E-state index contributed by atoms with van der Waals surface area (Å²) in [5.41, 5.74) is 2.77. The molecule has 0 saturated heterocycles. The zero-order chi connectivity index (χ0) is 18.4. The average Bonchev–Trinajstić information content (AvgIpc) is 3.09. The van der Waals surface area contributed by atoms with Gasteiger partial charge < -0.3 is 14.9 Å². The molecular weight excluding hydrogens is 335 g/mol. The summed E-state index contributed by atoms with van der Waals surface area (Å²) in [5, 5.41) is 6.95. The SMILES string of the molecule is COc1cccc(CC(=O)NC[C@H]2CC(Cc3ccc(F)cc3)=NO2)c1. The summed E-state index contributed by atoms with van der Waals surface area (Å²) < 4.78 is 18.1. The topological polar surface area (TPSA) is 59.9 Å². The maximum absolute atomic E-state index is 12.9. The Hall–Kier alpha value is -2.89. The number of methoxy groups -OCH3 is 1. The van der Waals surface area contributed by atoms with E-state index in [2.05, 4.69) is 10.5 Å². The second kappa shape index (κ2) is 8.47. The van der Waals surface area contributed by atoms with Gasteiger partial charge in [-0.05, 0) is 35.4 Å². The molecule has 1 amide bonds. The van der Waals surface area contributed by atoms with Crippen LogP contribution in [0.3, 0.4) is 0 Å². The molecule has 5 nitrogen and oxygen atoms in total. The second-order valence-corrected chi connectivity index (χ2v) is 6.22. The van der Waals surface area contributed by atoms with Crippen LogP contribution in [0.1, 0.15) is 17.5 Å². The van der Waals surface area contributed by atoms with Crippen LogP contribution in [0.5, 0.6) is 5.75 Å². The van der Waals surface area contributed by atoms with Crippen LogP contribution in [0.25, 0.3) is 0 Å². The number of benzene rings is 2. The number of halogens is 1. The lowest BCUT2D eigenvalue weighted by Gasteiger charge is -2.10. The Balaban J connectivity index is 1.41. The molecule has 0 bridgehead atoms. The van der Waals surface area contributed by atoms with Crippen LogP contribution in [-0.2, 0) is 22.5 Å². The third kappa shape index (κ3) is 5.05. The zero-order valence-corrected chi connectivity index (χ0v) is 14.6. The summed E-state index contributed by atoms with van der Waals surface area (Å²) in [6.45, 7) is 0.402. The van der Waals surface area contributed by atoms with Crippen molar-refractivity contribution in [3.8, 4) is 5.75 Å². The lowest BCUT2D eigenvalue weighted by molar-refractivity contribution is -0.121. The van der Waals surface area contributed by atoms with Crippen molar-refractivity contribution < 1.29 is 18.8 Å². The molecule has 1 heterocycles. The molecule has 0 aliphatic carbocycles. The fourth-order valence-corrected chi connectivity index (χ4v) is 2.80. The first-order valence-electron chi connectivity index (χ1n) is 8.48. The zero-order valence-electron chi connectivity index (χ0n) is 14.6. The van der Waals surface area contributed by atoms with Crippen LogP contribution in [0.15, 0.2) is 53.7 Å². The third-order valence-corrected chi connectivity index (χ3v) is 4.14. The van der Waals surface area contributed by atoms with Gasteiger partial charge in [0.25, 0.3) is 0 Å². The molecule has 2 aromatic rings. The predicted octanol–water partition coefficient (Wildman–Crippen LogP) is 2.88. The Morgan fingerprint density at radius 3 is 2.85 bits per heavy atom. The number of hydrogen-bond donors (Lipinski definition) is 1. The first kappa shape index (κ1) is 17.9. The van der Waals surface area contributed by atoms with E-state index in [1.807, 2.05) is 24.3 Å². The number of hydrogen-bond acceptors (Lipinski definition) is 4. The van der Waals surface area contributed by atoms with Crippen molar-refractivity contribution in [2.24, 2.45) is 5.16 Å². The minimum absolute atomic E-state index is 0.0752. The lowest BCUT2D eigenvalue weighted by Crippen LogP contribution is -2.33. The fraction of sp³-hybridized carbons (Fsp3) is 0.300. The quantitative estimate of drug-likeness (QED) is 0.830. The normalized spacial score (nSPS) is 15.9. The van der Waals surface area contributed by atoms with Gasteiger partial charge in [0.05, 0.1) is 25.8 Å². The molecule has 1 aliphatic rings. The highest BCUT2D eigenvalue weighted by Gasteiger charge is 2.21. The van der Waals surface area contributed by atoms with Crippen molar-refractivity contribution in [1.82, 2.24) is 5.32 Å². The monoisotopic (exact) mass is 356 g/mol. The van der Waals surface area contributed by atoms with Crippen LogP contribution in [-0.4, -0.2) is 31.4 Å². The van der Waals surface area contributed by atoms with Crippen molar-refractivity contribution in [3.05, 3.63) is 65.5 Å². The number of amides is 1.